The Morgan fingerprint density at radius 3 is 2.74 bits per heavy atom. The Morgan fingerprint density at radius 2 is 2.03 bits per heavy atom. The zero-order valence-electron chi connectivity index (χ0n) is 18.6. The molecule has 1 amide bonds. The quantitative estimate of drug-likeness (QED) is 0.448. The Bertz CT molecular complexity index is 1070. The molecule has 2 aromatic rings. The molecule has 2 atom stereocenters. The molecule has 0 spiro atoms. The summed E-state index contributed by atoms with van der Waals surface area (Å²) in [4.78, 5) is 14.3. The molecular weight excluding hydrogens is 477 g/mol. The molecule has 1 aromatic heterocycles. The van der Waals surface area contributed by atoms with Crippen LogP contribution in [0, 0.1) is 0 Å². The SMILES string of the molecule is O=C(N[C@H]1COc2ccc(C(F)(F)F)cc2C1)c1cc2n(n1)C[C@H](CCNCN1CC(F)(F)C1)O2. The Kier molecular flexibility index (Phi) is 6.08. The van der Waals surface area contributed by atoms with Crippen molar-refractivity contribution in [2.75, 3.05) is 32.9 Å². The molecule has 1 saturated heterocycles. The number of rotatable bonds is 7. The smallest absolute Gasteiger partial charge is 0.416 e. The third-order valence-corrected chi connectivity index (χ3v) is 6.16. The number of fused-ring (bicyclic) bond motifs is 2. The predicted octanol–water partition coefficient (Wildman–Crippen LogP) is 2.28. The molecule has 8 nitrogen and oxygen atoms in total. The van der Waals surface area contributed by atoms with E-state index in [0.29, 0.717) is 43.4 Å². The molecule has 2 N–H and O–H groups in total. The van der Waals surface area contributed by atoms with Gasteiger partial charge in [-0.15, -0.1) is 0 Å². The highest BCUT2D eigenvalue weighted by Gasteiger charge is 2.43. The molecule has 0 unspecified atom stereocenters. The number of nitrogens with zero attached hydrogens (tertiary/aromatic N) is 3. The lowest BCUT2D eigenvalue weighted by Crippen LogP contribution is -2.58. The molecule has 3 aliphatic heterocycles. The van der Waals surface area contributed by atoms with E-state index in [1.807, 2.05) is 0 Å². The van der Waals surface area contributed by atoms with Crippen LogP contribution < -0.4 is 20.1 Å². The molecule has 1 fully saturated rings. The summed E-state index contributed by atoms with van der Waals surface area (Å²) in [5.74, 6) is -2.23. The number of benzene rings is 1. The highest BCUT2D eigenvalue weighted by molar-refractivity contribution is 5.92. The third kappa shape index (κ3) is 5.35. The van der Waals surface area contributed by atoms with Crippen molar-refractivity contribution in [1.82, 2.24) is 25.3 Å². The summed E-state index contributed by atoms with van der Waals surface area (Å²) in [6, 6.07) is 4.33. The second-order valence-electron chi connectivity index (χ2n) is 9.09. The van der Waals surface area contributed by atoms with Gasteiger partial charge >= 0.3 is 6.18 Å². The van der Waals surface area contributed by atoms with E-state index in [1.165, 1.54) is 12.1 Å². The number of hydrogen-bond donors (Lipinski definition) is 2. The van der Waals surface area contributed by atoms with Crippen LogP contribution in [-0.2, 0) is 19.1 Å². The van der Waals surface area contributed by atoms with Crippen LogP contribution in [0.3, 0.4) is 0 Å². The molecule has 0 saturated carbocycles. The maximum Gasteiger partial charge on any atom is 0.416 e. The van der Waals surface area contributed by atoms with E-state index in [9.17, 15) is 26.7 Å². The van der Waals surface area contributed by atoms with Gasteiger partial charge in [-0.3, -0.25) is 9.69 Å². The van der Waals surface area contributed by atoms with Crippen molar-refractivity contribution in [3.63, 3.8) is 0 Å². The van der Waals surface area contributed by atoms with E-state index < -0.39 is 29.6 Å². The van der Waals surface area contributed by atoms with Crippen LogP contribution in [0.1, 0.15) is 28.0 Å². The fourth-order valence-electron chi connectivity index (χ4n) is 4.43. The van der Waals surface area contributed by atoms with Crippen molar-refractivity contribution in [2.45, 2.75) is 43.6 Å². The largest absolute Gasteiger partial charge is 0.491 e. The number of aromatic nitrogens is 2. The van der Waals surface area contributed by atoms with Crippen LogP contribution >= 0.6 is 0 Å². The normalized spacial score (nSPS) is 23.0. The van der Waals surface area contributed by atoms with Gasteiger partial charge in [0.15, 0.2) is 5.69 Å². The van der Waals surface area contributed by atoms with Gasteiger partial charge in [0.1, 0.15) is 18.5 Å². The number of alkyl halides is 5. The van der Waals surface area contributed by atoms with E-state index >= 15 is 0 Å². The van der Waals surface area contributed by atoms with Gasteiger partial charge in [-0.05, 0) is 43.1 Å². The first-order chi connectivity index (χ1) is 16.6. The molecule has 4 heterocycles. The van der Waals surface area contributed by atoms with Gasteiger partial charge in [0.2, 0.25) is 5.88 Å². The molecule has 3 aliphatic rings. The molecule has 0 aliphatic carbocycles. The van der Waals surface area contributed by atoms with E-state index in [2.05, 4.69) is 15.7 Å². The van der Waals surface area contributed by atoms with Gasteiger partial charge in [0.05, 0.1) is 31.2 Å². The molecule has 0 bridgehead atoms. The second-order valence-corrected chi connectivity index (χ2v) is 9.09. The first kappa shape index (κ1) is 23.8. The summed E-state index contributed by atoms with van der Waals surface area (Å²) >= 11 is 0. The summed E-state index contributed by atoms with van der Waals surface area (Å²) in [5.41, 5.74) is -0.238. The van der Waals surface area contributed by atoms with Crippen LogP contribution in [0.15, 0.2) is 24.3 Å². The summed E-state index contributed by atoms with van der Waals surface area (Å²) < 4.78 is 77.5. The zero-order valence-corrected chi connectivity index (χ0v) is 18.6. The number of amides is 1. The highest BCUT2D eigenvalue weighted by Crippen LogP contribution is 2.34. The Balaban J connectivity index is 1.08. The molecule has 190 valence electrons. The standard InChI is InChI=1S/C22H24F5N5O3/c23-21(24)10-31(11-21)12-28-4-3-16-8-32-19(35-16)7-17(30-32)20(33)29-15-6-13-5-14(22(25,26)27)1-2-18(13)34-9-15/h1-2,5,7,15-16,28H,3-4,6,8-12H2,(H,29,33)/t15-,16+/m1/s1. The van der Waals surface area contributed by atoms with E-state index in [0.717, 1.165) is 12.1 Å². The maximum atomic E-state index is 13.0. The van der Waals surface area contributed by atoms with Gasteiger partial charge in [0.25, 0.3) is 11.8 Å². The minimum absolute atomic E-state index is 0.137. The minimum atomic E-state index is -4.46. The fourth-order valence-corrected chi connectivity index (χ4v) is 4.43. The van der Waals surface area contributed by atoms with Gasteiger partial charge in [-0.2, -0.15) is 18.3 Å². The van der Waals surface area contributed by atoms with Gasteiger partial charge in [-0.1, -0.05) is 0 Å². The third-order valence-electron chi connectivity index (χ3n) is 6.16. The van der Waals surface area contributed by atoms with Crippen LogP contribution in [0.5, 0.6) is 11.6 Å². The van der Waals surface area contributed by atoms with Gasteiger partial charge in [-0.25, -0.2) is 13.5 Å². The lowest BCUT2D eigenvalue weighted by molar-refractivity contribution is -0.137. The molecular formula is C22H24F5N5O3. The number of halogens is 5. The van der Waals surface area contributed by atoms with Crippen LogP contribution in [0.4, 0.5) is 22.0 Å². The van der Waals surface area contributed by atoms with Crippen molar-refractivity contribution in [2.24, 2.45) is 0 Å². The second kappa shape index (κ2) is 8.94. The number of likely N-dealkylation sites (tertiary alicyclic amines) is 1. The summed E-state index contributed by atoms with van der Waals surface area (Å²) in [6.07, 6.45) is -3.75. The number of hydrogen-bond acceptors (Lipinski definition) is 6. The molecule has 13 heteroatoms. The summed E-state index contributed by atoms with van der Waals surface area (Å²) in [5, 5.41) is 10.1. The van der Waals surface area contributed by atoms with Crippen molar-refractivity contribution >= 4 is 5.91 Å². The average Bonchev–Trinajstić information content (AvgIpc) is 3.33. The Labute approximate surface area is 197 Å². The molecule has 1 aromatic carbocycles. The summed E-state index contributed by atoms with van der Waals surface area (Å²) in [6.45, 7) is 1.11. The molecule has 5 rings (SSSR count). The Hall–Kier alpha value is -2.93. The van der Waals surface area contributed by atoms with Crippen LogP contribution in [-0.4, -0.2) is 71.6 Å². The lowest BCUT2D eigenvalue weighted by Gasteiger charge is -2.38. The number of carbonyl (C=O) groups is 1. The number of ether oxygens (including phenoxy) is 2. The fraction of sp³-hybridized carbons (Fsp3) is 0.545. The lowest BCUT2D eigenvalue weighted by atomic mass is 10.00. The first-order valence-corrected chi connectivity index (χ1v) is 11.2. The predicted molar refractivity (Wildman–Crippen MR) is 113 cm³/mol. The van der Waals surface area contributed by atoms with Crippen molar-refractivity contribution in [3.8, 4) is 11.6 Å². The first-order valence-electron chi connectivity index (χ1n) is 11.2. The van der Waals surface area contributed by atoms with E-state index in [4.69, 9.17) is 9.47 Å². The van der Waals surface area contributed by atoms with Crippen molar-refractivity contribution in [3.05, 3.63) is 41.1 Å². The topological polar surface area (TPSA) is 80.6 Å². The minimum Gasteiger partial charge on any atom is -0.491 e. The summed E-state index contributed by atoms with van der Waals surface area (Å²) in [7, 11) is 0. The average molecular weight is 501 g/mol. The molecule has 35 heavy (non-hydrogen) atoms. The molecule has 0 radical (unpaired) electrons. The van der Waals surface area contributed by atoms with E-state index in [1.54, 1.807) is 9.58 Å². The number of nitrogens with one attached hydrogen (secondary N) is 2. The van der Waals surface area contributed by atoms with Crippen molar-refractivity contribution in [1.29, 1.82) is 0 Å². The zero-order chi connectivity index (χ0) is 24.8. The van der Waals surface area contributed by atoms with Crippen LogP contribution in [0.2, 0.25) is 0 Å². The number of carbonyl (C=O) groups excluding carboxylic acids is 1. The highest BCUT2D eigenvalue weighted by atomic mass is 19.4. The van der Waals surface area contributed by atoms with Crippen molar-refractivity contribution < 1.29 is 36.2 Å². The van der Waals surface area contributed by atoms with Gasteiger partial charge < -0.3 is 20.1 Å². The van der Waals surface area contributed by atoms with Gasteiger partial charge in [0, 0.05) is 12.7 Å². The van der Waals surface area contributed by atoms with E-state index in [-0.39, 0.29) is 37.9 Å². The Morgan fingerprint density at radius 1 is 1.23 bits per heavy atom. The van der Waals surface area contributed by atoms with Crippen LogP contribution in [0.25, 0.3) is 0 Å². The monoisotopic (exact) mass is 501 g/mol. The maximum absolute atomic E-state index is 13.0.